The van der Waals surface area contributed by atoms with Gasteiger partial charge in [-0.2, -0.15) is 4.98 Å². The van der Waals surface area contributed by atoms with Crippen molar-refractivity contribution in [1.82, 2.24) is 19.9 Å². The summed E-state index contributed by atoms with van der Waals surface area (Å²) in [6, 6.07) is 23.6. The molecule has 0 bridgehead atoms. The minimum atomic E-state index is 0.511. The molecule has 3 aromatic heterocycles. The van der Waals surface area contributed by atoms with Crippen molar-refractivity contribution in [3.8, 4) is 0 Å². The molecule has 0 amide bonds. The number of benzene rings is 2. The second kappa shape index (κ2) is 6.92. The molecule has 2 aromatic carbocycles. The van der Waals surface area contributed by atoms with E-state index in [0.717, 1.165) is 27.8 Å². The van der Waals surface area contributed by atoms with Crippen LogP contribution < -0.4 is 10.6 Å². The van der Waals surface area contributed by atoms with E-state index in [1.165, 1.54) is 0 Å². The number of pyridine rings is 2. The summed E-state index contributed by atoms with van der Waals surface area (Å²) in [7, 11) is 0. The van der Waals surface area contributed by atoms with Crippen LogP contribution in [0.1, 0.15) is 0 Å². The molecule has 2 N–H and O–H groups in total. The summed E-state index contributed by atoms with van der Waals surface area (Å²) in [5.74, 6) is 1.16. The van der Waals surface area contributed by atoms with Gasteiger partial charge in [-0.25, -0.2) is 4.98 Å². The van der Waals surface area contributed by atoms with Crippen LogP contribution in [0.25, 0.3) is 21.9 Å². The monoisotopic (exact) mass is 364 g/mol. The van der Waals surface area contributed by atoms with Crippen molar-refractivity contribution >= 4 is 45.1 Å². The second-order valence-corrected chi connectivity index (χ2v) is 6.29. The molecule has 0 aliphatic rings. The van der Waals surface area contributed by atoms with Crippen molar-refractivity contribution in [3.05, 3.63) is 85.2 Å². The van der Waals surface area contributed by atoms with E-state index in [4.69, 9.17) is 0 Å². The van der Waals surface area contributed by atoms with Crippen LogP contribution in [0.5, 0.6) is 0 Å². The number of anilines is 4. The number of para-hydroxylation sites is 1. The third-order valence-corrected chi connectivity index (χ3v) is 4.35. The first-order valence-corrected chi connectivity index (χ1v) is 8.92. The Kier molecular flexibility index (Phi) is 3.99. The maximum atomic E-state index is 4.66. The molecule has 134 valence electrons. The third-order valence-electron chi connectivity index (χ3n) is 4.35. The summed E-state index contributed by atoms with van der Waals surface area (Å²) in [5.41, 5.74) is 4.27. The van der Waals surface area contributed by atoms with E-state index >= 15 is 0 Å². The van der Waals surface area contributed by atoms with Crippen molar-refractivity contribution in [3.63, 3.8) is 0 Å². The van der Waals surface area contributed by atoms with Crippen LogP contribution in [0, 0.1) is 0 Å². The van der Waals surface area contributed by atoms with Gasteiger partial charge in [0.05, 0.1) is 11.0 Å². The molecule has 0 spiro atoms. The van der Waals surface area contributed by atoms with Crippen LogP contribution in [0.4, 0.5) is 23.1 Å². The van der Waals surface area contributed by atoms with Gasteiger partial charge >= 0.3 is 0 Å². The van der Waals surface area contributed by atoms with Crippen LogP contribution in [-0.4, -0.2) is 19.9 Å². The lowest BCUT2D eigenvalue weighted by Crippen LogP contribution is -2.03. The van der Waals surface area contributed by atoms with E-state index in [0.29, 0.717) is 17.3 Å². The Balaban J connectivity index is 1.56. The molecule has 0 saturated heterocycles. The highest BCUT2D eigenvalue weighted by Gasteiger charge is 2.10. The maximum absolute atomic E-state index is 4.66. The molecule has 0 aliphatic carbocycles. The number of hydrogen-bond acceptors (Lipinski definition) is 6. The quantitative estimate of drug-likeness (QED) is 0.464. The van der Waals surface area contributed by atoms with Gasteiger partial charge in [0.1, 0.15) is 5.52 Å². The fourth-order valence-electron chi connectivity index (χ4n) is 3.05. The second-order valence-electron chi connectivity index (χ2n) is 6.29. The zero-order chi connectivity index (χ0) is 18.8. The van der Waals surface area contributed by atoms with Gasteiger partial charge in [-0.15, -0.1) is 0 Å². The Morgan fingerprint density at radius 2 is 1.46 bits per heavy atom. The minimum Gasteiger partial charge on any atom is -0.338 e. The first-order chi connectivity index (χ1) is 13.8. The van der Waals surface area contributed by atoms with Gasteiger partial charge in [-0.3, -0.25) is 9.97 Å². The van der Waals surface area contributed by atoms with Crippen LogP contribution in [0.15, 0.2) is 85.2 Å². The predicted molar refractivity (Wildman–Crippen MR) is 112 cm³/mol. The summed E-state index contributed by atoms with van der Waals surface area (Å²) in [6.45, 7) is 0. The number of rotatable bonds is 4. The van der Waals surface area contributed by atoms with Crippen LogP contribution >= 0.6 is 0 Å². The normalized spacial score (nSPS) is 10.9. The lowest BCUT2D eigenvalue weighted by molar-refractivity contribution is 1.19. The Hall–Kier alpha value is -4.06. The highest BCUT2D eigenvalue weighted by atomic mass is 15.2. The molecule has 28 heavy (non-hydrogen) atoms. The van der Waals surface area contributed by atoms with Crippen LogP contribution in [0.2, 0.25) is 0 Å². The zero-order valence-corrected chi connectivity index (χ0v) is 14.9. The van der Waals surface area contributed by atoms with Gasteiger partial charge in [0.2, 0.25) is 5.95 Å². The first-order valence-electron chi connectivity index (χ1n) is 8.92. The van der Waals surface area contributed by atoms with E-state index in [-0.39, 0.29) is 0 Å². The van der Waals surface area contributed by atoms with Crippen molar-refractivity contribution in [2.24, 2.45) is 0 Å². The molecule has 0 unspecified atom stereocenters. The topological polar surface area (TPSA) is 75.6 Å². The Labute approximate surface area is 161 Å². The van der Waals surface area contributed by atoms with Crippen LogP contribution in [0.3, 0.4) is 0 Å². The Morgan fingerprint density at radius 3 is 2.39 bits per heavy atom. The van der Waals surface area contributed by atoms with Gasteiger partial charge < -0.3 is 10.6 Å². The smallest absolute Gasteiger partial charge is 0.229 e. The average molecular weight is 364 g/mol. The highest BCUT2D eigenvalue weighted by molar-refractivity contribution is 5.90. The molecule has 0 fully saturated rings. The van der Waals surface area contributed by atoms with Gasteiger partial charge in [-0.05, 0) is 48.5 Å². The van der Waals surface area contributed by atoms with E-state index in [1.54, 1.807) is 12.4 Å². The van der Waals surface area contributed by atoms with Gasteiger partial charge in [-0.1, -0.05) is 24.3 Å². The maximum Gasteiger partial charge on any atom is 0.229 e. The molecule has 3 heterocycles. The van der Waals surface area contributed by atoms with E-state index < -0.39 is 0 Å². The average Bonchev–Trinajstić information content (AvgIpc) is 2.74. The summed E-state index contributed by atoms with van der Waals surface area (Å²) in [5, 5.41) is 7.69. The van der Waals surface area contributed by atoms with Gasteiger partial charge in [0.15, 0.2) is 5.82 Å². The van der Waals surface area contributed by atoms with Crippen molar-refractivity contribution < 1.29 is 0 Å². The Bertz CT molecular complexity index is 1270. The predicted octanol–water partition coefficient (Wildman–Crippen LogP) is 5.06. The van der Waals surface area contributed by atoms with Crippen molar-refractivity contribution in [2.75, 3.05) is 10.6 Å². The van der Waals surface area contributed by atoms with Gasteiger partial charge in [0.25, 0.3) is 0 Å². The molecular weight excluding hydrogens is 348 g/mol. The van der Waals surface area contributed by atoms with E-state index in [1.807, 2.05) is 72.8 Å². The molecular formula is C22H16N6. The highest BCUT2D eigenvalue weighted by Crippen LogP contribution is 2.26. The number of aromatic nitrogens is 4. The van der Waals surface area contributed by atoms with Crippen molar-refractivity contribution in [2.45, 2.75) is 0 Å². The van der Waals surface area contributed by atoms with E-state index in [9.17, 15) is 0 Å². The fraction of sp³-hybridized carbons (Fsp3) is 0. The number of fused-ring (bicyclic) bond motifs is 2. The lowest BCUT2D eigenvalue weighted by atomic mass is 10.2. The van der Waals surface area contributed by atoms with Crippen LogP contribution in [-0.2, 0) is 0 Å². The zero-order valence-electron chi connectivity index (χ0n) is 14.9. The largest absolute Gasteiger partial charge is 0.338 e. The first kappa shape index (κ1) is 16.1. The van der Waals surface area contributed by atoms with Gasteiger partial charge in [0, 0.05) is 29.2 Å². The number of nitrogens with one attached hydrogen (secondary N) is 2. The molecule has 0 saturated carbocycles. The SMILES string of the molecule is c1ccc(Nc2nc(Nc3ccc4ncccc4c3)c3ncccc3n2)cc1. The standard InChI is InChI=1S/C22H16N6/c1-2-7-16(8-3-1)26-22-27-19-9-5-13-24-20(19)21(28-22)25-17-10-11-18-15(14-17)6-4-12-23-18/h1-14H,(H2,25,26,27,28). The summed E-state index contributed by atoms with van der Waals surface area (Å²) in [4.78, 5) is 18.1. The molecule has 5 aromatic rings. The third kappa shape index (κ3) is 3.19. The minimum absolute atomic E-state index is 0.511. The Morgan fingerprint density at radius 1 is 0.607 bits per heavy atom. The molecule has 6 nitrogen and oxygen atoms in total. The number of hydrogen-bond donors (Lipinski definition) is 2. The lowest BCUT2D eigenvalue weighted by Gasteiger charge is -2.11. The molecule has 0 aliphatic heterocycles. The molecule has 5 rings (SSSR count). The summed E-state index contributed by atoms with van der Waals surface area (Å²) in [6.07, 6.45) is 3.53. The fourth-order valence-corrected chi connectivity index (χ4v) is 3.05. The summed E-state index contributed by atoms with van der Waals surface area (Å²) >= 11 is 0. The molecule has 0 atom stereocenters. The summed E-state index contributed by atoms with van der Waals surface area (Å²) < 4.78 is 0. The molecule has 0 radical (unpaired) electrons. The van der Waals surface area contributed by atoms with Crippen molar-refractivity contribution in [1.29, 1.82) is 0 Å². The number of nitrogens with zero attached hydrogens (tertiary/aromatic N) is 4. The molecule has 6 heteroatoms. The van der Waals surface area contributed by atoms with E-state index in [2.05, 4.69) is 30.6 Å².